The molecule has 0 radical (unpaired) electrons. The van der Waals surface area contributed by atoms with E-state index in [4.69, 9.17) is 9.78 Å². The molecule has 0 N–H and O–H groups in total. The zero-order valence-electron chi connectivity index (χ0n) is 9.79. The van der Waals surface area contributed by atoms with E-state index in [1.165, 1.54) is 24.0 Å². The Hall–Kier alpha value is -1.28. The molecular formula is C14H18O2. The van der Waals surface area contributed by atoms with Crippen LogP contribution in [0.15, 0.2) is 24.8 Å². The average Bonchev–Trinajstić information content (AvgIpc) is 2.73. The first-order valence-corrected chi connectivity index (χ1v) is 5.90. The lowest BCUT2D eigenvalue weighted by molar-refractivity contribution is -0.194. The van der Waals surface area contributed by atoms with Crippen molar-refractivity contribution in [1.29, 1.82) is 0 Å². The fraction of sp³-hybridized carbons (Fsp3) is 0.429. The van der Waals surface area contributed by atoms with Crippen molar-refractivity contribution in [2.24, 2.45) is 0 Å². The van der Waals surface area contributed by atoms with E-state index in [1.54, 1.807) is 0 Å². The predicted molar refractivity (Wildman–Crippen MR) is 64.4 cm³/mol. The van der Waals surface area contributed by atoms with E-state index in [1.807, 2.05) is 6.08 Å². The molecule has 16 heavy (non-hydrogen) atoms. The Labute approximate surface area is 96.8 Å². The zero-order chi connectivity index (χ0) is 11.4. The summed E-state index contributed by atoms with van der Waals surface area (Å²) in [7, 11) is 0. The van der Waals surface area contributed by atoms with Gasteiger partial charge < -0.3 is 4.89 Å². The second-order valence-electron chi connectivity index (χ2n) is 4.17. The maximum Gasteiger partial charge on any atom is 0.171 e. The first kappa shape index (κ1) is 11.2. The van der Waals surface area contributed by atoms with Crippen LogP contribution < -0.4 is 4.89 Å². The predicted octanol–water partition coefficient (Wildman–Crippen LogP) is 3.58. The van der Waals surface area contributed by atoms with Gasteiger partial charge in [0.1, 0.15) is 6.61 Å². The van der Waals surface area contributed by atoms with E-state index < -0.39 is 0 Å². The van der Waals surface area contributed by atoms with Crippen molar-refractivity contribution in [3.8, 4) is 5.75 Å². The zero-order valence-corrected chi connectivity index (χ0v) is 9.79. The minimum absolute atomic E-state index is 0.563. The molecule has 1 aliphatic rings. The van der Waals surface area contributed by atoms with Crippen molar-refractivity contribution in [2.75, 3.05) is 0 Å². The smallest absolute Gasteiger partial charge is 0.171 e. The van der Waals surface area contributed by atoms with Crippen molar-refractivity contribution in [3.05, 3.63) is 41.5 Å². The van der Waals surface area contributed by atoms with E-state index >= 15 is 0 Å². The van der Waals surface area contributed by atoms with Crippen LogP contribution in [0, 0.1) is 0 Å². The number of hydrogen-bond donors (Lipinski definition) is 0. The molecular weight excluding hydrogens is 200 g/mol. The van der Waals surface area contributed by atoms with Crippen molar-refractivity contribution < 1.29 is 9.78 Å². The fourth-order valence-corrected chi connectivity index (χ4v) is 2.01. The molecule has 1 aliphatic heterocycles. The Balaban J connectivity index is 2.28. The van der Waals surface area contributed by atoms with Gasteiger partial charge in [0, 0.05) is 5.56 Å². The molecule has 0 amide bonds. The Morgan fingerprint density at radius 2 is 2.25 bits per heavy atom. The largest absolute Gasteiger partial charge is 0.337 e. The van der Waals surface area contributed by atoms with Crippen LogP contribution in [-0.2, 0) is 24.3 Å². The van der Waals surface area contributed by atoms with Gasteiger partial charge in [0.25, 0.3) is 0 Å². The van der Waals surface area contributed by atoms with Gasteiger partial charge in [0.15, 0.2) is 5.75 Å². The number of allylic oxidation sites excluding steroid dienone is 1. The van der Waals surface area contributed by atoms with E-state index in [0.29, 0.717) is 6.61 Å². The minimum atomic E-state index is 0.563. The van der Waals surface area contributed by atoms with Gasteiger partial charge in [-0.25, -0.2) is 0 Å². The Bertz CT molecular complexity index is 383. The summed E-state index contributed by atoms with van der Waals surface area (Å²) >= 11 is 0. The molecule has 0 aromatic heterocycles. The normalized spacial score (nSPS) is 13.3. The molecule has 0 saturated heterocycles. The molecule has 0 fully saturated rings. The van der Waals surface area contributed by atoms with Crippen LogP contribution in [0.5, 0.6) is 5.75 Å². The van der Waals surface area contributed by atoms with Crippen molar-refractivity contribution in [3.63, 3.8) is 0 Å². The molecule has 86 valence electrons. The summed E-state index contributed by atoms with van der Waals surface area (Å²) in [4.78, 5) is 10.1. The highest BCUT2D eigenvalue weighted by molar-refractivity contribution is 5.44. The number of rotatable bonds is 5. The van der Waals surface area contributed by atoms with Crippen LogP contribution >= 0.6 is 0 Å². The van der Waals surface area contributed by atoms with Crippen molar-refractivity contribution in [1.82, 2.24) is 0 Å². The number of aryl methyl sites for hydroxylation is 1. The molecule has 0 spiro atoms. The summed E-state index contributed by atoms with van der Waals surface area (Å²) in [5.74, 6) is 0.888. The number of fused-ring (bicyclic) bond motifs is 1. The Kier molecular flexibility index (Phi) is 3.62. The third-order valence-corrected chi connectivity index (χ3v) is 2.91. The molecule has 2 nitrogen and oxygen atoms in total. The maximum absolute atomic E-state index is 5.13. The van der Waals surface area contributed by atoms with Gasteiger partial charge in [-0.1, -0.05) is 19.4 Å². The van der Waals surface area contributed by atoms with Crippen LogP contribution in [-0.4, -0.2) is 0 Å². The van der Waals surface area contributed by atoms with Crippen molar-refractivity contribution >= 4 is 0 Å². The quantitative estimate of drug-likeness (QED) is 0.555. The topological polar surface area (TPSA) is 18.5 Å². The van der Waals surface area contributed by atoms with E-state index in [2.05, 4.69) is 25.6 Å². The van der Waals surface area contributed by atoms with Gasteiger partial charge in [-0.3, -0.25) is 0 Å². The second kappa shape index (κ2) is 5.17. The monoisotopic (exact) mass is 218 g/mol. The standard InChI is InChI=1S/C14H18O2/c1-3-5-7-12-9-14-13(10-15-16-14)8-11(12)6-4-2/h4,8-9H,2-3,5-7,10H2,1H3. The van der Waals surface area contributed by atoms with Crippen LogP contribution in [0.4, 0.5) is 0 Å². The summed E-state index contributed by atoms with van der Waals surface area (Å²) in [6.45, 7) is 6.58. The summed E-state index contributed by atoms with van der Waals surface area (Å²) in [6, 6.07) is 4.31. The molecule has 2 heteroatoms. The fourth-order valence-electron chi connectivity index (χ4n) is 2.01. The molecule has 1 aromatic carbocycles. The minimum Gasteiger partial charge on any atom is -0.337 e. The first-order valence-electron chi connectivity index (χ1n) is 5.90. The third-order valence-electron chi connectivity index (χ3n) is 2.91. The lowest BCUT2D eigenvalue weighted by Crippen LogP contribution is -1.95. The molecule has 2 rings (SSSR count). The van der Waals surface area contributed by atoms with Crippen LogP contribution in [0.3, 0.4) is 0 Å². The van der Waals surface area contributed by atoms with Gasteiger partial charge in [-0.15, -0.1) is 6.58 Å². The van der Waals surface area contributed by atoms with Gasteiger partial charge >= 0.3 is 0 Å². The van der Waals surface area contributed by atoms with E-state index in [0.717, 1.165) is 24.2 Å². The van der Waals surface area contributed by atoms with Crippen molar-refractivity contribution in [2.45, 2.75) is 39.2 Å². The third kappa shape index (κ3) is 2.27. The molecule has 0 aliphatic carbocycles. The highest BCUT2D eigenvalue weighted by Crippen LogP contribution is 2.30. The molecule has 0 bridgehead atoms. The second-order valence-corrected chi connectivity index (χ2v) is 4.17. The summed E-state index contributed by atoms with van der Waals surface area (Å²) < 4.78 is 0. The van der Waals surface area contributed by atoms with E-state index in [9.17, 15) is 0 Å². The van der Waals surface area contributed by atoms with Crippen LogP contribution in [0.2, 0.25) is 0 Å². The Morgan fingerprint density at radius 1 is 1.38 bits per heavy atom. The molecule has 0 unspecified atom stereocenters. The van der Waals surface area contributed by atoms with Crippen LogP contribution in [0.1, 0.15) is 36.5 Å². The molecule has 1 heterocycles. The molecule has 0 saturated carbocycles. The lowest BCUT2D eigenvalue weighted by Gasteiger charge is -2.09. The van der Waals surface area contributed by atoms with Gasteiger partial charge in [-0.2, -0.15) is 4.89 Å². The van der Waals surface area contributed by atoms with Gasteiger partial charge in [-0.05, 0) is 42.5 Å². The first-order chi connectivity index (χ1) is 7.85. The highest BCUT2D eigenvalue weighted by atomic mass is 17.2. The number of unbranched alkanes of at least 4 members (excludes halogenated alkanes) is 1. The summed E-state index contributed by atoms with van der Waals surface area (Å²) in [5, 5.41) is 0. The highest BCUT2D eigenvalue weighted by Gasteiger charge is 2.16. The molecule has 1 aromatic rings. The average molecular weight is 218 g/mol. The number of hydrogen-bond acceptors (Lipinski definition) is 2. The lowest BCUT2D eigenvalue weighted by atomic mass is 9.97. The maximum atomic E-state index is 5.13. The summed E-state index contributed by atoms with van der Waals surface area (Å²) in [6.07, 6.45) is 6.40. The molecule has 0 atom stereocenters. The van der Waals surface area contributed by atoms with Crippen LogP contribution in [0.25, 0.3) is 0 Å². The van der Waals surface area contributed by atoms with Gasteiger partial charge in [0.2, 0.25) is 0 Å². The Morgan fingerprint density at radius 3 is 3.00 bits per heavy atom. The number of benzene rings is 1. The SMILES string of the molecule is C=CCc1cc2c(cc1CCCC)OOC2. The summed E-state index contributed by atoms with van der Waals surface area (Å²) in [5.41, 5.74) is 3.87. The van der Waals surface area contributed by atoms with E-state index in [-0.39, 0.29) is 0 Å². The van der Waals surface area contributed by atoms with Gasteiger partial charge in [0.05, 0.1) is 0 Å².